The number of nitrogens with zero attached hydrogens (tertiary/aromatic N) is 6. The molecule has 0 bridgehead atoms. The van der Waals surface area contributed by atoms with Crippen LogP contribution in [0.1, 0.15) is 48.2 Å². The van der Waals surface area contributed by atoms with Crippen molar-refractivity contribution in [3.05, 3.63) is 53.5 Å². The maximum absolute atomic E-state index is 14.5. The van der Waals surface area contributed by atoms with Gasteiger partial charge in [-0.3, -0.25) is 14.7 Å². The highest BCUT2D eigenvalue weighted by molar-refractivity contribution is 5.87. The Morgan fingerprint density at radius 3 is 2.57 bits per heavy atom. The molecule has 12 heteroatoms. The molecule has 234 valence electrons. The molecule has 2 aromatic heterocycles. The smallest absolute Gasteiger partial charge is 0.284 e. The Bertz CT molecular complexity index is 1490. The summed E-state index contributed by atoms with van der Waals surface area (Å²) < 4.78 is 47.4. The first kappa shape index (κ1) is 28.1. The first-order valence-corrected chi connectivity index (χ1v) is 15.7. The van der Waals surface area contributed by atoms with Gasteiger partial charge in [-0.25, -0.2) is 13.8 Å². The Balaban J connectivity index is 1.03. The van der Waals surface area contributed by atoms with E-state index in [-0.39, 0.29) is 29.4 Å². The van der Waals surface area contributed by atoms with Crippen LogP contribution >= 0.6 is 0 Å². The third-order valence-electron chi connectivity index (χ3n) is 10.6. The molecular formula is C32H38F2N6O4. The van der Waals surface area contributed by atoms with E-state index in [1.165, 1.54) is 17.2 Å². The summed E-state index contributed by atoms with van der Waals surface area (Å²) in [6.07, 6.45) is 2.62. The molecule has 8 heterocycles. The molecule has 6 aliphatic rings. The van der Waals surface area contributed by atoms with E-state index in [4.69, 9.17) is 19.2 Å². The van der Waals surface area contributed by atoms with Crippen LogP contribution in [-0.4, -0.2) is 103 Å². The number of amides is 1. The fraction of sp³-hybridized carbons (Fsp3) is 0.594. The highest BCUT2D eigenvalue weighted by Crippen LogP contribution is 2.55. The van der Waals surface area contributed by atoms with Crippen molar-refractivity contribution in [2.45, 2.75) is 55.9 Å². The van der Waals surface area contributed by atoms with E-state index in [0.717, 1.165) is 31.7 Å². The number of anilines is 2. The van der Waals surface area contributed by atoms with E-state index >= 15 is 0 Å². The SMILES string of the molecule is C=CC(=O)N1CCN([C@@H]2CN3c4cc(N5CCC6(CC5)OC5(COC5)c5nccc(C)c56)nc(C(F)F)c4OCC[C@@H]23)CC1. The highest BCUT2D eigenvalue weighted by atomic mass is 19.3. The fourth-order valence-corrected chi connectivity index (χ4v) is 8.28. The summed E-state index contributed by atoms with van der Waals surface area (Å²) in [7, 11) is 0. The molecule has 2 spiro atoms. The largest absolute Gasteiger partial charge is 0.489 e. The lowest BCUT2D eigenvalue weighted by atomic mass is 9.81. The number of piperidine rings is 1. The Morgan fingerprint density at radius 2 is 1.89 bits per heavy atom. The number of piperazine rings is 1. The summed E-state index contributed by atoms with van der Waals surface area (Å²) in [5, 5.41) is 0. The van der Waals surface area contributed by atoms with Crippen LogP contribution in [0, 0.1) is 6.92 Å². The number of pyridine rings is 2. The van der Waals surface area contributed by atoms with E-state index in [1.807, 2.05) is 23.2 Å². The van der Waals surface area contributed by atoms with Crippen molar-refractivity contribution in [3.63, 3.8) is 0 Å². The van der Waals surface area contributed by atoms with Crippen LogP contribution in [0.25, 0.3) is 0 Å². The van der Waals surface area contributed by atoms with Crippen molar-refractivity contribution < 1.29 is 27.8 Å². The molecule has 0 radical (unpaired) electrons. The zero-order valence-electron chi connectivity index (χ0n) is 25.0. The van der Waals surface area contributed by atoms with Crippen molar-refractivity contribution in [1.29, 1.82) is 0 Å². The number of halogens is 2. The molecule has 2 atom stereocenters. The van der Waals surface area contributed by atoms with Crippen LogP contribution < -0.4 is 14.5 Å². The van der Waals surface area contributed by atoms with E-state index in [1.54, 1.807) is 0 Å². The van der Waals surface area contributed by atoms with Crippen LogP contribution in [0.4, 0.5) is 20.3 Å². The number of aromatic nitrogens is 2. The van der Waals surface area contributed by atoms with Gasteiger partial charge in [-0.05, 0) is 37.5 Å². The molecule has 0 aromatic carbocycles. The Labute approximate surface area is 255 Å². The monoisotopic (exact) mass is 608 g/mol. The summed E-state index contributed by atoms with van der Waals surface area (Å²) in [4.78, 5) is 29.9. The predicted octanol–water partition coefficient (Wildman–Crippen LogP) is 3.14. The second-order valence-electron chi connectivity index (χ2n) is 12.9. The molecule has 10 nitrogen and oxygen atoms in total. The number of hydrogen-bond acceptors (Lipinski definition) is 9. The van der Waals surface area contributed by atoms with E-state index in [2.05, 4.69) is 33.2 Å². The van der Waals surface area contributed by atoms with Gasteiger partial charge in [0.15, 0.2) is 17.0 Å². The molecular weight excluding hydrogens is 570 g/mol. The predicted molar refractivity (Wildman–Crippen MR) is 158 cm³/mol. The lowest BCUT2D eigenvalue weighted by Gasteiger charge is -2.54. The van der Waals surface area contributed by atoms with Crippen molar-refractivity contribution in [2.24, 2.45) is 0 Å². The van der Waals surface area contributed by atoms with Crippen molar-refractivity contribution in [3.8, 4) is 5.75 Å². The van der Waals surface area contributed by atoms with Gasteiger partial charge in [0.05, 0.1) is 31.2 Å². The second kappa shape index (κ2) is 10.3. The minimum absolute atomic E-state index is 0.0352. The molecule has 44 heavy (non-hydrogen) atoms. The average Bonchev–Trinajstić information content (AvgIpc) is 3.22. The highest BCUT2D eigenvalue weighted by Gasteiger charge is 2.59. The van der Waals surface area contributed by atoms with Gasteiger partial charge in [-0.1, -0.05) is 6.58 Å². The van der Waals surface area contributed by atoms with Gasteiger partial charge in [0, 0.05) is 82.1 Å². The topological polar surface area (TPSA) is 83.5 Å². The molecule has 2 aromatic rings. The van der Waals surface area contributed by atoms with E-state index in [0.29, 0.717) is 70.3 Å². The van der Waals surface area contributed by atoms with E-state index in [9.17, 15) is 13.6 Å². The van der Waals surface area contributed by atoms with Gasteiger partial charge in [0.25, 0.3) is 6.43 Å². The molecule has 4 fully saturated rings. The van der Waals surface area contributed by atoms with Crippen molar-refractivity contribution in [1.82, 2.24) is 19.8 Å². The van der Waals surface area contributed by atoms with Crippen LogP contribution in [0.2, 0.25) is 0 Å². The fourth-order valence-electron chi connectivity index (χ4n) is 8.28. The van der Waals surface area contributed by atoms with Gasteiger partial charge in [0.1, 0.15) is 11.4 Å². The number of hydrogen-bond donors (Lipinski definition) is 0. The summed E-state index contributed by atoms with van der Waals surface area (Å²) in [5.74, 6) is 0.731. The van der Waals surface area contributed by atoms with Crippen LogP contribution in [-0.2, 0) is 25.5 Å². The summed E-state index contributed by atoms with van der Waals surface area (Å²) in [6, 6.07) is 4.43. The quantitative estimate of drug-likeness (QED) is 0.487. The number of carbonyl (C=O) groups excluding carboxylic acids is 1. The van der Waals surface area contributed by atoms with Crippen LogP contribution in [0.15, 0.2) is 31.0 Å². The minimum Gasteiger partial charge on any atom is -0.489 e. The maximum Gasteiger partial charge on any atom is 0.284 e. The Hall–Kier alpha value is -3.35. The molecule has 0 unspecified atom stereocenters. The molecule has 1 amide bonds. The summed E-state index contributed by atoms with van der Waals surface area (Å²) in [6.45, 7) is 12.0. The average molecular weight is 609 g/mol. The third kappa shape index (κ3) is 4.17. The zero-order valence-corrected chi connectivity index (χ0v) is 25.0. The number of rotatable bonds is 4. The number of alkyl halides is 2. The molecule has 8 rings (SSSR count). The van der Waals surface area contributed by atoms with Gasteiger partial charge in [0.2, 0.25) is 5.91 Å². The second-order valence-corrected chi connectivity index (χ2v) is 12.9. The van der Waals surface area contributed by atoms with Gasteiger partial charge in [-0.2, -0.15) is 0 Å². The third-order valence-corrected chi connectivity index (χ3v) is 10.6. The van der Waals surface area contributed by atoms with Gasteiger partial charge in [-0.15, -0.1) is 0 Å². The van der Waals surface area contributed by atoms with Gasteiger partial charge < -0.3 is 28.9 Å². The van der Waals surface area contributed by atoms with Crippen molar-refractivity contribution >= 4 is 17.4 Å². The number of fused-ring (bicyclic) bond motifs is 6. The summed E-state index contributed by atoms with van der Waals surface area (Å²) in [5.41, 5.74) is 2.80. The number of carbonyl (C=O) groups is 1. The first-order valence-electron chi connectivity index (χ1n) is 15.7. The summed E-state index contributed by atoms with van der Waals surface area (Å²) >= 11 is 0. The van der Waals surface area contributed by atoms with Gasteiger partial charge >= 0.3 is 0 Å². The first-order chi connectivity index (χ1) is 21.3. The zero-order chi connectivity index (χ0) is 30.2. The Kier molecular flexibility index (Phi) is 6.62. The molecule has 4 saturated heterocycles. The lowest BCUT2D eigenvalue weighted by Crippen LogP contribution is -2.69. The molecule has 6 aliphatic heterocycles. The maximum atomic E-state index is 14.5. The van der Waals surface area contributed by atoms with Crippen molar-refractivity contribution in [2.75, 3.05) is 75.4 Å². The van der Waals surface area contributed by atoms with Crippen LogP contribution in [0.5, 0.6) is 5.75 Å². The van der Waals surface area contributed by atoms with E-state index < -0.39 is 17.6 Å². The molecule has 0 saturated carbocycles. The molecule has 0 N–H and O–H groups in total. The lowest BCUT2D eigenvalue weighted by molar-refractivity contribution is -0.260. The number of ether oxygens (including phenoxy) is 3. The number of aryl methyl sites for hydroxylation is 1. The normalized spacial score (nSPS) is 26.8. The minimum atomic E-state index is -2.75. The Morgan fingerprint density at radius 1 is 1.11 bits per heavy atom. The molecule has 0 aliphatic carbocycles. The van der Waals surface area contributed by atoms with Crippen LogP contribution in [0.3, 0.4) is 0 Å². The standard InChI is InChI=1S/C32H38F2N6O4/c1-3-25(41)39-13-11-37(12-14-39)23-17-40-21(23)5-15-43-28-22(40)16-24(36-27(28)30(33)34)38-9-6-31(7-10-38)26-20(2)4-8-35-29(26)32(44-31)18-42-19-32/h3-4,8,16,21,23,30H,1,5-7,9-15,17-19H2,2H3/t21-,23+/m0/s1.